The normalized spacial score (nSPS) is 18.4. The summed E-state index contributed by atoms with van der Waals surface area (Å²) in [5, 5.41) is 6.36. The minimum absolute atomic E-state index is 0. The van der Waals surface area contributed by atoms with Gasteiger partial charge in [-0.1, -0.05) is 0 Å². The maximum Gasteiger partial charge on any atom is 0.401 e. The standard InChI is InChI=1S/C17H27F3N4O2.HI/c1-21-16(22-6-3-8-25-12-15-4-2-9-26-15)23-10-14-5-7-24(11-14)13-17(18,19)20;/h2,4,9,14H,3,5-8,10-13H2,1H3,(H2,21,22,23);1H. The molecule has 2 rings (SSSR count). The summed E-state index contributed by atoms with van der Waals surface area (Å²) in [4.78, 5) is 5.59. The molecule has 1 unspecified atom stereocenters. The van der Waals surface area contributed by atoms with Gasteiger partial charge < -0.3 is 19.8 Å². The van der Waals surface area contributed by atoms with Crippen LogP contribution in [0.15, 0.2) is 27.8 Å². The molecular weight excluding hydrogens is 476 g/mol. The van der Waals surface area contributed by atoms with Gasteiger partial charge in [0.05, 0.1) is 12.8 Å². The van der Waals surface area contributed by atoms with E-state index in [0.29, 0.717) is 45.4 Å². The average Bonchev–Trinajstić information content (AvgIpc) is 3.24. The predicted octanol–water partition coefficient (Wildman–Crippen LogP) is 2.85. The number of aliphatic imine (C=N–C) groups is 1. The number of hydrogen-bond donors (Lipinski definition) is 2. The van der Waals surface area contributed by atoms with Crippen molar-refractivity contribution >= 4 is 29.9 Å². The lowest BCUT2D eigenvalue weighted by molar-refractivity contribution is -0.143. The molecular formula is C17H28F3IN4O2. The van der Waals surface area contributed by atoms with Crippen molar-refractivity contribution in [3.8, 4) is 0 Å². The highest BCUT2D eigenvalue weighted by Crippen LogP contribution is 2.22. The van der Waals surface area contributed by atoms with Crippen LogP contribution in [0.25, 0.3) is 0 Å². The van der Waals surface area contributed by atoms with E-state index in [2.05, 4.69) is 15.6 Å². The van der Waals surface area contributed by atoms with Crippen molar-refractivity contribution in [2.75, 3.05) is 46.4 Å². The van der Waals surface area contributed by atoms with Crippen molar-refractivity contribution in [1.29, 1.82) is 0 Å². The summed E-state index contributed by atoms with van der Waals surface area (Å²) in [6, 6.07) is 3.69. The lowest BCUT2D eigenvalue weighted by Crippen LogP contribution is -2.41. The van der Waals surface area contributed by atoms with Crippen LogP contribution in [-0.4, -0.2) is 63.4 Å². The zero-order valence-electron chi connectivity index (χ0n) is 15.4. The summed E-state index contributed by atoms with van der Waals surface area (Å²) < 4.78 is 47.9. The number of nitrogens with zero attached hydrogens (tertiary/aromatic N) is 2. The van der Waals surface area contributed by atoms with Crippen molar-refractivity contribution in [3.63, 3.8) is 0 Å². The smallest absolute Gasteiger partial charge is 0.401 e. The van der Waals surface area contributed by atoms with Gasteiger partial charge in [-0.25, -0.2) is 0 Å². The van der Waals surface area contributed by atoms with Gasteiger partial charge in [-0.3, -0.25) is 9.89 Å². The summed E-state index contributed by atoms with van der Waals surface area (Å²) in [6.45, 7) is 2.49. The number of hydrogen-bond acceptors (Lipinski definition) is 4. The van der Waals surface area contributed by atoms with Crippen molar-refractivity contribution in [2.24, 2.45) is 10.9 Å². The highest BCUT2D eigenvalue weighted by atomic mass is 127. The average molecular weight is 504 g/mol. The number of likely N-dealkylation sites (tertiary alicyclic amines) is 1. The SMILES string of the molecule is CN=C(NCCCOCc1ccco1)NCC1CCN(CC(F)(F)F)C1.I. The molecule has 1 aromatic heterocycles. The molecule has 0 aromatic carbocycles. The third kappa shape index (κ3) is 10.2. The van der Waals surface area contributed by atoms with E-state index < -0.39 is 12.7 Å². The van der Waals surface area contributed by atoms with E-state index in [0.717, 1.165) is 18.6 Å². The Kier molecular flexibility index (Phi) is 11.1. The fourth-order valence-electron chi connectivity index (χ4n) is 2.89. The minimum Gasteiger partial charge on any atom is -0.467 e. The zero-order chi connectivity index (χ0) is 18.8. The Morgan fingerprint density at radius 3 is 2.89 bits per heavy atom. The summed E-state index contributed by atoms with van der Waals surface area (Å²) >= 11 is 0. The molecule has 156 valence electrons. The molecule has 0 amide bonds. The van der Waals surface area contributed by atoms with E-state index in [9.17, 15) is 13.2 Å². The number of guanidine groups is 1. The number of rotatable bonds is 9. The van der Waals surface area contributed by atoms with Gasteiger partial charge in [0.2, 0.25) is 0 Å². The summed E-state index contributed by atoms with van der Waals surface area (Å²) in [6.07, 6.45) is -0.938. The molecule has 6 nitrogen and oxygen atoms in total. The molecule has 1 fully saturated rings. The minimum atomic E-state index is -4.13. The molecule has 0 aliphatic carbocycles. The molecule has 0 radical (unpaired) electrons. The van der Waals surface area contributed by atoms with Crippen LogP contribution in [0.5, 0.6) is 0 Å². The molecule has 1 aliphatic heterocycles. The Morgan fingerprint density at radius 1 is 1.41 bits per heavy atom. The third-order valence-corrected chi connectivity index (χ3v) is 4.14. The second kappa shape index (κ2) is 12.4. The fraction of sp³-hybridized carbons (Fsp3) is 0.706. The number of ether oxygens (including phenoxy) is 1. The van der Waals surface area contributed by atoms with E-state index in [1.807, 2.05) is 12.1 Å². The van der Waals surface area contributed by atoms with Crippen molar-refractivity contribution in [2.45, 2.75) is 25.6 Å². The van der Waals surface area contributed by atoms with Gasteiger partial charge in [-0.2, -0.15) is 13.2 Å². The number of halogens is 4. The van der Waals surface area contributed by atoms with Crippen LogP contribution >= 0.6 is 24.0 Å². The van der Waals surface area contributed by atoms with Gasteiger partial charge in [0.25, 0.3) is 0 Å². The molecule has 0 spiro atoms. The molecule has 10 heteroatoms. The van der Waals surface area contributed by atoms with Gasteiger partial charge in [0.15, 0.2) is 5.96 Å². The number of furan rings is 1. The third-order valence-electron chi connectivity index (χ3n) is 4.14. The topological polar surface area (TPSA) is 62.0 Å². The van der Waals surface area contributed by atoms with Crippen LogP contribution in [0.2, 0.25) is 0 Å². The van der Waals surface area contributed by atoms with Gasteiger partial charge in [0.1, 0.15) is 12.4 Å². The fourth-order valence-corrected chi connectivity index (χ4v) is 2.89. The summed E-state index contributed by atoms with van der Waals surface area (Å²) in [7, 11) is 1.67. The maximum atomic E-state index is 12.4. The Hall–Kier alpha value is -1.01. The van der Waals surface area contributed by atoms with E-state index in [1.54, 1.807) is 13.3 Å². The van der Waals surface area contributed by atoms with E-state index in [4.69, 9.17) is 9.15 Å². The van der Waals surface area contributed by atoms with Crippen LogP contribution < -0.4 is 10.6 Å². The van der Waals surface area contributed by atoms with Crippen LogP contribution in [0.4, 0.5) is 13.2 Å². The Labute approximate surface area is 174 Å². The first-order valence-corrected chi connectivity index (χ1v) is 8.80. The van der Waals surface area contributed by atoms with Crippen LogP contribution in [0.1, 0.15) is 18.6 Å². The molecule has 1 atom stereocenters. The predicted molar refractivity (Wildman–Crippen MR) is 108 cm³/mol. The van der Waals surface area contributed by atoms with Crippen molar-refractivity contribution in [1.82, 2.24) is 15.5 Å². The van der Waals surface area contributed by atoms with Crippen molar-refractivity contribution < 1.29 is 22.3 Å². The second-order valence-electron chi connectivity index (χ2n) is 6.37. The quantitative estimate of drug-likeness (QED) is 0.235. The molecule has 0 bridgehead atoms. The Balaban J connectivity index is 0.00000364. The largest absolute Gasteiger partial charge is 0.467 e. The highest BCUT2D eigenvalue weighted by molar-refractivity contribution is 14.0. The molecule has 1 aliphatic rings. The lowest BCUT2D eigenvalue weighted by atomic mass is 10.1. The van der Waals surface area contributed by atoms with Crippen molar-refractivity contribution in [3.05, 3.63) is 24.2 Å². The molecule has 1 saturated heterocycles. The molecule has 0 saturated carbocycles. The van der Waals surface area contributed by atoms with E-state index in [1.165, 1.54) is 4.90 Å². The first-order valence-electron chi connectivity index (χ1n) is 8.80. The van der Waals surface area contributed by atoms with Gasteiger partial charge in [-0.05, 0) is 37.4 Å². The number of alkyl halides is 3. The lowest BCUT2D eigenvalue weighted by Gasteiger charge is -2.18. The van der Waals surface area contributed by atoms with Gasteiger partial charge in [0, 0.05) is 33.3 Å². The van der Waals surface area contributed by atoms with Crippen LogP contribution in [-0.2, 0) is 11.3 Å². The monoisotopic (exact) mass is 504 g/mol. The Bertz CT molecular complexity index is 541. The maximum absolute atomic E-state index is 12.4. The highest BCUT2D eigenvalue weighted by Gasteiger charge is 2.34. The van der Waals surface area contributed by atoms with Gasteiger partial charge in [-0.15, -0.1) is 24.0 Å². The molecule has 27 heavy (non-hydrogen) atoms. The first-order chi connectivity index (χ1) is 12.5. The summed E-state index contributed by atoms with van der Waals surface area (Å²) in [5.74, 6) is 1.66. The van der Waals surface area contributed by atoms with Crippen LogP contribution in [0.3, 0.4) is 0 Å². The second-order valence-corrected chi connectivity index (χ2v) is 6.37. The first kappa shape index (κ1) is 24.0. The molecule has 2 heterocycles. The molecule has 2 N–H and O–H groups in total. The van der Waals surface area contributed by atoms with Gasteiger partial charge >= 0.3 is 6.18 Å². The Morgan fingerprint density at radius 2 is 2.22 bits per heavy atom. The van der Waals surface area contributed by atoms with E-state index >= 15 is 0 Å². The zero-order valence-corrected chi connectivity index (χ0v) is 17.8. The summed E-state index contributed by atoms with van der Waals surface area (Å²) in [5.41, 5.74) is 0. The van der Waals surface area contributed by atoms with Crippen LogP contribution in [0, 0.1) is 5.92 Å². The van der Waals surface area contributed by atoms with E-state index in [-0.39, 0.29) is 29.9 Å². The number of nitrogens with one attached hydrogen (secondary N) is 2. The molecule has 1 aromatic rings.